The van der Waals surface area contributed by atoms with Crippen molar-refractivity contribution in [3.05, 3.63) is 99.6 Å². The van der Waals surface area contributed by atoms with Crippen LogP contribution in [-0.2, 0) is 6.61 Å². The zero-order valence-corrected chi connectivity index (χ0v) is 22.7. The first kappa shape index (κ1) is 27.9. The molecule has 39 heavy (non-hydrogen) atoms. The maximum absolute atomic E-state index is 13.2. The Morgan fingerprint density at radius 1 is 0.949 bits per heavy atom. The molecule has 1 aromatic heterocycles. The molecular weight excluding hydrogens is 523 g/mol. The summed E-state index contributed by atoms with van der Waals surface area (Å²) in [5, 5.41) is 20.1. The molecule has 0 saturated carbocycles. The van der Waals surface area contributed by atoms with E-state index in [4.69, 9.17) is 14.2 Å². The molecule has 9 nitrogen and oxygen atoms in total. The molecule has 0 amide bonds. The molecule has 0 aliphatic carbocycles. The van der Waals surface area contributed by atoms with Crippen LogP contribution in [0.5, 0.6) is 17.2 Å². The predicted molar refractivity (Wildman–Crippen MR) is 146 cm³/mol. The normalized spacial score (nSPS) is 11.7. The van der Waals surface area contributed by atoms with Crippen LogP contribution in [0.3, 0.4) is 0 Å². The number of ether oxygens (including phenoxy) is 3. The van der Waals surface area contributed by atoms with Gasteiger partial charge < -0.3 is 14.2 Å². The van der Waals surface area contributed by atoms with Gasteiger partial charge in [-0.15, -0.1) is 10.2 Å². The zero-order valence-electron chi connectivity index (χ0n) is 21.9. The molecule has 0 saturated heterocycles. The van der Waals surface area contributed by atoms with Crippen molar-refractivity contribution in [3.8, 4) is 22.9 Å². The topological polar surface area (TPSA) is 102 Å². The van der Waals surface area contributed by atoms with Gasteiger partial charge in [-0.2, -0.15) is 0 Å². The molecule has 0 bridgehead atoms. The minimum absolute atomic E-state index is 0.219. The second-order valence-electron chi connectivity index (χ2n) is 8.47. The van der Waals surface area contributed by atoms with Crippen LogP contribution in [0.1, 0.15) is 36.0 Å². The minimum Gasteiger partial charge on any atom is -0.494 e. The van der Waals surface area contributed by atoms with Gasteiger partial charge in [0, 0.05) is 10.6 Å². The van der Waals surface area contributed by atoms with E-state index in [1.807, 2.05) is 49.6 Å². The molecule has 4 rings (SSSR count). The molecule has 4 aromatic rings. The van der Waals surface area contributed by atoms with Gasteiger partial charge in [-0.25, -0.2) is 4.39 Å². The number of thioether (sulfide) groups is 1. The number of rotatable bonds is 13. The molecule has 1 atom stereocenters. The summed E-state index contributed by atoms with van der Waals surface area (Å²) in [6, 6.07) is 18.8. The maximum Gasteiger partial charge on any atom is 0.220 e. The summed E-state index contributed by atoms with van der Waals surface area (Å²) in [5.74, 6) is 2.04. The fourth-order valence-electron chi connectivity index (χ4n) is 3.90. The Balaban J connectivity index is 1.60. The molecule has 0 N–H and O–H groups in total. The molecule has 11 heteroatoms. The van der Waals surface area contributed by atoms with Crippen molar-refractivity contribution in [2.75, 3.05) is 19.8 Å². The largest absolute Gasteiger partial charge is 0.494 e. The predicted octanol–water partition coefficient (Wildman–Crippen LogP) is 6.20. The van der Waals surface area contributed by atoms with E-state index in [1.165, 1.54) is 23.9 Å². The van der Waals surface area contributed by atoms with Gasteiger partial charge in [0.1, 0.15) is 29.2 Å². The molecule has 0 aliphatic rings. The summed E-state index contributed by atoms with van der Waals surface area (Å²) in [7, 11) is 0. The van der Waals surface area contributed by atoms with Gasteiger partial charge in [-0.1, -0.05) is 30.0 Å². The molecule has 3 aromatic carbocycles. The second kappa shape index (κ2) is 13.1. The number of nitrogens with zero attached hydrogens (tertiary/aromatic N) is 4. The number of aryl methyl sites for hydroxylation is 1. The Bertz CT molecular complexity index is 1400. The first-order chi connectivity index (χ1) is 18.9. The van der Waals surface area contributed by atoms with Crippen LogP contribution in [0.4, 0.5) is 4.39 Å². The van der Waals surface area contributed by atoms with Crippen LogP contribution in [0.25, 0.3) is 5.69 Å². The third-order valence-electron chi connectivity index (χ3n) is 5.71. The first-order valence-electron chi connectivity index (χ1n) is 12.5. The quantitative estimate of drug-likeness (QED) is 0.110. The highest BCUT2D eigenvalue weighted by Gasteiger charge is 2.25. The van der Waals surface area contributed by atoms with E-state index in [2.05, 4.69) is 10.2 Å². The molecule has 1 heterocycles. The van der Waals surface area contributed by atoms with Gasteiger partial charge in [0.05, 0.1) is 13.2 Å². The van der Waals surface area contributed by atoms with Gasteiger partial charge in [-0.05, 0) is 80.4 Å². The van der Waals surface area contributed by atoms with Gasteiger partial charge in [-0.3, -0.25) is 14.7 Å². The Hall–Kier alpha value is -4.12. The Kier molecular flexibility index (Phi) is 9.37. The third-order valence-corrected chi connectivity index (χ3v) is 6.89. The average molecular weight is 553 g/mol. The smallest absolute Gasteiger partial charge is 0.220 e. The third kappa shape index (κ3) is 7.26. The zero-order chi connectivity index (χ0) is 27.8. The van der Waals surface area contributed by atoms with Crippen LogP contribution >= 0.6 is 11.8 Å². The van der Waals surface area contributed by atoms with E-state index in [0.717, 1.165) is 17.0 Å². The number of hydrogen-bond donors (Lipinski definition) is 0. The van der Waals surface area contributed by atoms with Crippen molar-refractivity contribution < 1.29 is 23.5 Å². The van der Waals surface area contributed by atoms with Crippen molar-refractivity contribution >= 4 is 11.8 Å². The highest BCUT2D eigenvalue weighted by Crippen LogP contribution is 2.40. The fraction of sp³-hybridized carbons (Fsp3) is 0.286. The van der Waals surface area contributed by atoms with Gasteiger partial charge in [0.25, 0.3) is 0 Å². The number of nitro groups is 1. The van der Waals surface area contributed by atoms with E-state index in [-0.39, 0.29) is 23.9 Å². The van der Waals surface area contributed by atoms with Crippen molar-refractivity contribution in [3.63, 3.8) is 0 Å². The molecule has 0 fully saturated rings. The highest BCUT2D eigenvalue weighted by molar-refractivity contribution is 7.99. The SMILES string of the molecule is CCOc1ccc(-n2c(C)nnc2S[C@@H](C[N+](=O)[O-])c2ccc(OCc3ccc(F)cc3)c(OCC)c2)cc1. The molecule has 0 radical (unpaired) electrons. The lowest BCUT2D eigenvalue weighted by Gasteiger charge is -2.17. The van der Waals surface area contributed by atoms with E-state index >= 15 is 0 Å². The van der Waals surface area contributed by atoms with Crippen LogP contribution in [0.15, 0.2) is 71.9 Å². The lowest BCUT2D eigenvalue weighted by atomic mass is 10.1. The van der Waals surface area contributed by atoms with E-state index < -0.39 is 5.25 Å². The number of halogens is 1. The van der Waals surface area contributed by atoms with Gasteiger partial charge >= 0.3 is 0 Å². The van der Waals surface area contributed by atoms with Crippen molar-refractivity contribution in [2.24, 2.45) is 0 Å². The molecular formula is C28H29FN4O5S. The monoisotopic (exact) mass is 552 g/mol. The Morgan fingerprint density at radius 2 is 1.67 bits per heavy atom. The summed E-state index contributed by atoms with van der Waals surface area (Å²) in [6.07, 6.45) is 0. The lowest BCUT2D eigenvalue weighted by Crippen LogP contribution is -2.12. The van der Waals surface area contributed by atoms with Crippen molar-refractivity contribution in [2.45, 2.75) is 37.8 Å². The van der Waals surface area contributed by atoms with Crippen LogP contribution < -0.4 is 14.2 Å². The molecule has 204 valence electrons. The van der Waals surface area contributed by atoms with Crippen LogP contribution in [-0.4, -0.2) is 39.4 Å². The standard InChI is InChI=1S/C28H29FN4O5S/c1-4-36-24-13-11-23(12-14-24)33-19(3)30-31-28(33)39-27(17-32(34)35)21-8-15-25(26(16-21)37-5-2)38-18-20-6-9-22(29)10-7-20/h6-16,27H,4-5,17-18H2,1-3H3/t27-/m0/s1. The summed E-state index contributed by atoms with van der Waals surface area (Å²) in [5.41, 5.74) is 2.31. The number of benzene rings is 3. The van der Waals surface area contributed by atoms with Crippen LogP contribution in [0, 0.1) is 22.9 Å². The summed E-state index contributed by atoms with van der Waals surface area (Å²) < 4.78 is 32.4. The second-order valence-corrected chi connectivity index (χ2v) is 9.64. The summed E-state index contributed by atoms with van der Waals surface area (Å²) in [6.45, 7) is 6.43. The molecule has 0 unspecified atom stereocenters. The Labute approximate surface area is 230 Å². The highest BCUT2D eigenvalue weighted by atomic mass is 32.2. The van der Waals surface area contributed by atoms with E-state index in [0.29, 0.717) is 41.3 Å². The van der Waals surface area contributed by atoms with Crippen molar-refractivity contribution in [1.82, 2.24) is 14.8 Å². The fourth-order valence-corrected chi connectivity index (χ4v) is 5.07. The van der Waals surface area contributed by atoms with E-state index in [9.17, 15) is 14.5 Å². The summed E-state index contributed by atoms with van der Waals surface area (Å²) in [4.78, 5) is 11.3. The van der Waals surface area contributed by atoms with Gasteiger partial charge in [0.2, 0.25) is 6.54 Å². The van der Waals surface area contributed by atoms with Crippen molar-refractivity contribution in [1.29, 1.82) is 0 Å². The van der Waals surface area contributed by atoms with Crippen LogP contribution in [0.2, 0.25) is 0 Å². The number of aromatic nitrogens is 3. The number of hydrogen-bond acceptors (Lipinski definition) is 8. The van der Waals surface area contributed by atoms with Gasteiger partial charge in [0.15, 0.2) is 16.7 Å². The maximum atomic E-state index is 13.2. The molecule has 0 spiro atoms. The average Bonchev–Trinajstić information content (AvgIpc) is 3.28. The first-order valence-corrected chi connectivity index (χ1v) is 13.3. The van der Waals surface area contributed by atoms with E-state index in [1.54, 1.807) is 30.3 Å². The minimum atomic E-state index is -0.574. The Morgan fingerprint density at radius 3 is 2.33 bits per heavy atom. The molecule has 0 aliphatic heterocycles. The summed E-state index contributed by atoms with van der Waals surface area (Å²) >= 11 is 1.26. The lowest BCUT2D eigenvalue weighted by molar-refractivity contribution is -0.479.